The predicted molar refractivity (Wildman–Crippen MR) is 80.0 cm³/mol. The van der Waals surface area contributed by atoms with Crippen molar-refractivity contribution < 1.29 is 4.39 Å². The molecule has 0 radical (unpaired) electrons. The molecule has 0 saturated carbocycles. The summed E-state index contributed by atoms with van der Waals surface area (Å²) in [6.45, 7) is 10.9. The fraction of sp³-hybridized carbons (Fsp3) is 0.625. The topological polar surface area (TPSA) is 15.3 Å². The van der Waals surface area contributed by atoms with E-state index in [1.165, 1.54) is 6.07 Å². The van der Waals surface area contributed by atoms with E-state index in [1.54, 1.807) is 12.1 Å². The number of halogens is 1. The number of nitrogens with zero attached hydrogens (tertiary/aromatic N) is 1. The Morgan fingerprint density at radius 1 is 1.26 bits per heavy atom. The second kappa shape index (κ2) is 7.01. The fourth-order valence-corrected chi connectivity index (χ4v) is 2.86. The molecule has 1 aromatic carbocycles. The van der Waals surface area contributed by atoms with Crippen LogP contribution in [0.3, 0.4) is 0 Å². The van der Waals surface area contributed by atoms with Crippen molar-refractivity contribution in [1.82, 2.24) is 10.2 Å². The van der Waals surface area contributed by atoms with Gasteiger partial charge in [-0.3, -0.25) is 4.90 Å². The SMILES string of the molecule is CCN(CC)C(C)(C)C(Cc1cccc(F)c1)NC. The van der Waals surface area contributed by atoms with Crippen LogP contribution in [0.25, 0.3) is 0 Å². The number of rotatable bonds is 7. The van der Waals surface area contributed by atoms with E-state index in [0.29, 0.717) is 0 Å². The van der Waals surface area contributed by atoms with Gasteiger partial charge in [0.05, 0.1) is 0 Å². The number of hydrogen-bond acceptors (Lipinski definition) is 2. The van der Waals surface area contributed by atoms with E-state index in [1.807, 2.05) is 13.1 Å². The van der Waals surface area contributed by atoms with Gasteiger partial charge in [-0.15, -0.1) is 0 Å². The Hall–Kier alpha value is -0.930. The van der Waals surface area contributed by atoms with E-state index in [-0.39, 0.29) is 17.4 Å². The molecule has 0 aliphatic rings. The van der Waals surface area contributed by atoms with Crippen molar-refractivity contribution in [2.75, 3.05) is 20.1 Å². The summed E-state index contributed by atoms with van der Waals surface area (Å²) in [7, 11) is 1.98. The first-order chi connectivity index (χ1) is 8.95. The zero-order valence-corrected chi connectivity index (χ0v) is 12.8. The van der Waals surface area contributed by atoms with E-state index < -0.39 is 0 Å². The van der Waals surface area contributed by atoms with Crippen LogP contribution < -0.4 is 5.32 Å². The first-order valence-corrected chi connectivity index (χ1v) is 7.12. The number of nitrogens with one attached hydrogen (secondary N) is 1. The molecule has 0 aromatic heterocycles. The molecule has 1 unspecified atom stereocenters. The highest BCUT2D eigenvalue weighted by Gasteiger charge is 2.32. The van der Waals surface area contributed by atoms with Crippen LogP contribution in [0, 0.1) is 5.82 Å². The number of likely N-dealkylation sites (N-methyl/N-ethyl adjacent to an activating group) is 2. The first-order valence-electron chi connectivity index (χ1n) is 7.12. The van der Waals surface area contributed by atoms with Gasteiger partial charge < -0.3 is 5.32 Å². The average Bonchev–Trinajstić information content (AvgIpc) is 2.37. The smallest absolute Gasteiger partial charge is 0.123 e. The van der Waals surface area contributed by atoms with Crippen molar-refractivity contribution in [3.05, 3.63) is 35.6 Å². The predicted octanol–water partition coefficient (Wildman–Crippen LogP) is 3.08. The van der Waals surface area contributed by atoms with Gasteiger partial charge in [-0.2, -0.15) is 0 Å². The van der Waals surface area contributed by atoms with Gasteiger partial charge in [0.25, 0.3) is 0 Å². The van der Waals surface area contributed by atoms with E-state index in [4.69, 9.17) is 0 Å². The second-order valence-corrected chi connectivity index (χ2v) is 5.50. The molecule has 0 aliphatic heterocycles. The van der Waals surface area contributed by atoms with Gasteiger partial charge in [0.1, 0.15) is 5.82 Å². The van der Waals surface area contributed by atoms with E-state index in [0.717, 1.165) is 25.1 Å². The van der Waals surface area contributed by atoms with Gasteiger partial charge in [0.15, 0.2) is 0 Å². The Labute approximate surface area is 117 Å². The highest BCUT2D eigenvalue weighted by Crippen LogP contribution is 2.22. The third-order valence-corrected chi connectivity index (χ3v) is 4.11. The lowest BCUT2D eigenvalue weighted by Gasteiger charge is -2.43. The number of benzene rings is 1. The summed E-state index contributed by atoms with van der Waals surface area (Å²) in [5.41, 5.74) is 1.07. The largest absolute Gasteiger partial charge is 0.315 e. The summed E-state index contributed by atoms with van der Waals surface area (Å²) < 4.78 is 13.3. The molecule has 108 valence electrons. The van der Waals surface area contributed by atoms with Gasteiger partial charge in [0.2, 0.25) is 0 Å². The van der Waals surface area contributed by atoms with E-state index in [2.05, 4.69) is 37.9 Å². The lowest BCUT2D eigenvalue weighted by atomic mass is 9.87. The molecule has 0 fully saturated rings. The maximum Gasteiger partial charge on any atom is 0.123 e. The molecular formula is C16H27FN2. The Balaban J connectivity index is 2.88. The molecule has 0 bridgehead atoms. The van der Waals surface area contributed by atoms with Crippen LogP contribution in [-0.2, 0) is 6.42 Å². The van der Waals surface area contributed by atoms with Crippen molar-refractivity contribution in [1.29, 1.82) is 0 Å². The molecule has 1 aromatic rings. The van der Waals surface area contributed by atoms with Gasteiger partial charge in [-0.25, -0.2) is 4.39 Å². The third kappa shape index (κ3) is 4.02. The zero-order chi connectivity index (χ0) is 14.5. The molecule has 1 atom stereocenters. The lowest BCUT2D eigenvalue weighted by molar-refractivity contribution is 0.0943. The average molecular weight is 266 g/mol. The summed E-state index contributed by atoms with van der Waals surface area (Å²) in [4.78, 5) is 2.44. The van der Waals surface area contributed by atoms with Gasteiger partial charge in [0, 0.05) is 11.6 Å². The van der Waals surface area contributed by atoms with Crippen molar-refractivity contribution in [2.24, 2.45) is 0 Å². The van der Waals surface area contributed by atoms with Crippen LogP contribution in [0.5, 0.6) is 0 Å². The van der Waals surface area contributed by atoms with Crippen LogP contribution in [0.15, 0.2) is 24.3 Å². The summed E-state index contributed by atoms with van der Waals surface area (Å²) in [5.74, 6) is -0.159. The minimum Gasteiger partial charge on any atom is -0.315 e. The minimum absolute atomic E-state index is 0.0323. The second-order valence-electron chi connectivity index (χ2n) is 5.50. The van der Waals surface area contributed by atoms with Crippen LogP contribution in [0.2, 0.25) is 0 Å². The van der Waals surface area contributed by atoms with E-state index >= 15 is 0 Å². The molecule has 0 heterocycles. The maximum absolute atomic E-state index is 13.3. The van der Waals surface area contributed by atoms with E-state index in [9.17, 15) is 4.39 Å². The molecule has 3 heteroatoms. The molecule has 19 heavy (non-hydrogen) atoms. The van der Waals surface area contributed by atoms with Crippen molar-refractivity contribution >= 4 is 0 Å². The fourth-order valence-electron chi connectivity index (χ4n) is 2.86. The highest BCUT2D eigenvalue weighted by molar-refractivity contribution is 5.18. The van der Waals surface area contributed by atoms with Crippen LogP contribution in [-0.4, -0.2) is 36.6 Å². The minimum atomic E-state index is -0.159. The molecule has 1 rings (SSSR count). The highest BCUT2D eigenvalue weighted by atomic mass is 19.1. The molecular weight excluding hydrogens is 239 g/mol. The van der Waals surface area contributed by atoms with Gasteiger partial charge in [-0.1, -0.05) is 26.0 Å². The standard InChI is InChI=1S/C16H27FN2/c1-6-19(7-2)16(3,4)15(18-5)12-13-9-8-10-14(17)11-13/h8-11,15,18H,6-7,12H2,1-5H3. The monoisotopic (exact) mass is 266 g/mol. The Bertz CT molecular complexity index is 386. The van der Waals surface area contributed by atoms with Crippen molar-refractivity contribution in [3.63, 3.8) is 0 Å². The molecule has 1 N–H and O–H groups in total. The quantitative estimate of drug-likeness (QED) is 0.816. The summed E-state index contributed by atoms with van der Waals surface area (Å²) in [6.07, 6.45) is 0.831. The van der Waals surface area contributed by atoms with Crippen LogP contribution in [0.1, 0.15) is 33.3 Å². The van der Waals surface area contributed by atoms with Gasteiger partial charge in [-0.05, 0) is 58.1 Å². The number of hydrogen-bond donors (Lipinski definition) is 1. The van der Waals surface area contributed by atoms with Crippen molar-refractivity contribution in [3.8, 4) is 0 Å². The van der Waals surface area contributed by atoms with Gasteiger partial charge >= 0.3 is 0 Å². The molecule has 0 aliphatic carbocycles. The Morgan fingerprint density at radius 2 is 1.89 bits per heavy atom. The summed E-state index contributed by atoms with van der Waals surface area (Å²) in [6, 6.07) is 7.18. The summed E-state index contributed by atoms with van der Waals surface area (Å²) >= 11 is 0. The molecule has 2 nitrogen and oxygen atoms in total. The van der Waals surface area contributed by atoms with Crippen molar-refractivity contribution in [2.45, 2.75) is 45.7 Å². The Morgan fingerprint density at radius 3 is 2.37 bits per heavy atom. The third-order valence-electron chi connectivity index (χ3n) is 4.11. The maximum atomic E-state index is 13.3. The van der Waals surface area contributed by atoms with Crippen LogP contribution >= 0.6 is 0 Å². The normalized spacial score (nSPS) is 13.8. The summed E-state index contributed by atoms with van der Waals surface area (Å²) in [5, 5.41) is 3.40. The van der Waals surface area contributed by atoms with Crippen LogP contribution in [0.4, 0.5) is 4.39 Å². The zero-order valence-electron chi connectivity index (χ0n) is 12.8. The lowest BCUT2D eigenvalue weighted by Crippen LogP contribution is -2.57. The molecule has 0 amide bonds. The molecule has 0 saturated heterocycles. The first kappa shape index (κ1) is 16.1. The Kier molecular flexibility index (Phi) is 5.95. The molecule has 0 spiro atoms.